The van der Waals surface area contributed by atoms with E-state index < -0.39 is 35.3 Å². The van der Waals surface area contributed by atoms with Crippen molar-refractivity contribution in [2.45, 2.75) is 57.8 Å². The van der Waals surface area contributed by atoms with Gasteiger partial charge in [0.15, 0.2) is 5.82 Å². The molecule has 42 heavy (non-hydrogen) atoms. The number of carbonyl (C=O) groups is 3. The first-order chi connectivity index (χ1) is 20.0. The highest BCUT2D eigenvalue weighted by molar-refractivity contribution is 5.98. The zero-order valence-corrected chi connectivity index (χ0v) is 24.3. The van der Waals surface area contributed by atoms with Gasteiger partial charge < -0.3 is 30.6 Å². The van der Waals surface area contributed by atoms with E-state index in [4.69, 9.17) is 10.5 Å². The minimum atomic E-state index is -1.22. The van der Waals surface area contributed by atoms with Crippen LogP contribution in [0.4, 0.5) is 10.2 Å². The van der Waals surface area contributed by atoms with Crippen molar-refractivity contribution in [1.82, 2.24) is 19.8 Å². The number of nitrogens with one attached hydrogen (secondary N) is 2. The summed E-state index contributed by atoms with van der Waals surface area (Å²) in [4.78, 5) is 45.7. The van der Waals surface area contributed by atoms with Crippen LogP contribution >= 0.6 is 0 Å². The molecule has 1 aliphatic heterocycles. The van der Waals surface area contributed by atoms with Crippen LogP contribution in [-0.4, -0.2) is 63.4 Å². The summed E-state index contributed by atoms with van der Waals surface area (Å²) < 4.78 is 21.5. The molecule has 1 fully saturated rings. The van der Waals surface area contributed by atoms with Gasteiger partial charge in [-0.2, -0.15) is 0 Å². The van der Waals surface area contributed by atoms with Crippen LogP contribution in [0.3, 0.4) is 0 Å². The molecule has 1 aliphatic rings. The minimum absolute atomic E-state index is 0.110. The SMILES string of the molecule is CC1CCN(C(=O)C(c2cccc(F)c2)n2cnc(NC(=O)[C@@H](COCc3ccccc3)NC(=O)C(C)(C)N)c2)CC1. The van der Waals surface area contributed by atoms with E-state index in [0.717, 1.165) is 18.4 Å². The topological polar surface area (TPSA) is 132 Å². The molecule has 2 atom stereocenters. The van der Waals surface area contributed by atoms with E-state index in [-0.39, 0.29) is 24.9 Å². The lowest BCUT2D eigenvalue weighted by atomic mass is 9.97. The van der Waals surface area contributed by atoms with E-state index in [1.54, 1.807) is 21.6 Å². The maximum atomic E-state index is 14.2. The van der Waals surface area contributed by atoms with Crippen LogP contribution in [0.1, 0.15) is 50.8 Å². The molecule has 3 amide bonds. The number of imidazole rings is 1. The van der Waals surface area contributed by atoms with E-state index >= 15 is 0 Å². The average molecular weight is 579 g/mol. The fourth-order valence-corrected chi connectivity index (χ4v) is 4.67. The molecule has 1 unspecified atom stereocenters. The van der Waals surface area contributed by atoms with Crippen molar-refractivity contribution in [2.24, 2.45) is 11.7 Å². The van der Waals surface area contributed by atoms with Crippen LogP contribution in [0.5, 0.6) is 0 Å². The third-order valence-corrected chi connectivity index (χ3v) is 7.25. The minimum Gasteiger partial charge on any atom is -0.374 e. The number of aromatic nitrogens is 2. The van der Waals surface area contributed by atoms with Gasteiger partial charge in [-0.15, -0.1) is 0 Å². The molecule has 10 nitrogen and oxygen atoms in total. The summed E-state index contributed by atoms with van der Waals surface area (Å²) in [5, 5.41) is 5.36. The molecule has 0 saturated carbocycles. The summed E-state index contributed by atoms with van der Waals surface area (Å²) >= 11 is 0. The third kappa shape index (κ3) is 8.23. The Labute approximate surface area is 245 Å². The van der Waals surface area contributed by atoms with Crippen molar-refractivity contribution < 1.29 is 23.5 Å². The number of piperidine rings is 1. The Hall–Kier alpha value is -4.09. The lowest BCUT2D eigenvalue weighted by molar-refractivity contribution is -0.135. The third-order valence-electron chi connectivity index (χ3n) is 7.25. The Balaban J connectivity index is 1.51. The van der Waals surface area contributed by atoms with Gasteiger partial charge in [0.2, 0.25) is 11.8 Å². The summed E-state index contributed by atoms with van der Waals surface area (Å²) in [5.74, 6) is -1.02. The predicted molar refractivity (Wildman–Crippen MR) is 157 cm³/mol. The number of benzene rings is 2. The second-order valence-electron chi connectivity index (χ2n) is 11.4. The van der Waals surface area contributed by atoms with Gasteiger partial charge >= 0.3 is 0 Å². The molecular formula is C31H39FN6O4. The number of nitrogens with zero attached hydrogens (tertiary/aromatic N) is 3. The molecule has 4 rings (SSSR count). The van der Waals surface area contributed by atoms with Crippen molar-refractivity contribution in [1.29, 1.82) is 0 Å². The standard InChI is InChI=1S/C31H39FN6O4/c1-21-12-14-37(15-13-21)29(40)27(23-10-7-11-24(32)16-23)38-17-26(34-20-38)36-28(39)25(35-30(41)31(2,3)33)19-42-18-22-8-5-4-6-9-22/h4-11,16-17,20-21,25,27H,12-15,18-19,33H2,1-3H3,(H,35,41)(H,36,39)/t25-,27?/m1/s1. The molecule has 3 aromatic rings. The molecule has 0 spiro atoms. The normalized spacial score (nSPS) is 15.6. The van der Waals surface area contributed by atoms with E-state index in [0.29, 0.717) is 24.6 Å². The van der Waals surface area contributed by atoms with Crippen molar-refractivity contribution >= 4 is 23.5 Å². The van der Waals surface area contributed by atoms with E-state index in [1.165, 1.54) is 38.5 Å². The second-order valence-corrected chi connectivity index (χ2v) is 11.4. The fraction of sp³-hybridized carbons (Fsp3) is 0.419. The highest BCUT2D eigenvalue weighted by Gasteiger charge is 2.31. The van der Waals surface area contributed by atoms with Crippen molar-refractivity contribution in [3.8, 4) is 0 Å². The number of hydrogen-bond acceptors (Lipinski definition) is 6. The second kappa shape index (κ2) is 13.7. The molecule has 0 bridgehead atoms. The summed E-state index contributed by atoms with van der Waals surface area (Å²) in [6.45, 7) is 6.60. The Morgan fingerprint density at radius 2 is 1.83 bits per heavy atom. The highest BCUT2D eigenvalue weighted by Crippen LogP contribution is 2.26. The summed E-state index contributed by atoms with van der Waals surface area (Å²) in [5.41, 5.74) is 6.10. The monoisotopic (exact) mass is 578 g/mol. The highest BCUT2D eigenvalue weighted by atomic mass is 19.1. The largest absolute Gasteiger partial charge is 0.374 e. The summed E-state index contributed by atoms with van der Waals surface area (Å²) in [6, 6.07) is 13.4. The van der Waals surface area contributed by atoms with Crippen LogP contribution in [0.2, 0.25) is 0 Å². The fourth-order valence-electron chi connectivity index (χ4n) is 4.67. The first-order valence-electron chi connectivity index (χ1n) is 14.1. The van der Waals surface area contributed by atoms with Gasteiger partial charge in [0.05, 0.1) is 25.1 Å². The summed E-state index contributed by atoms with van der Waals surface area (Å²) in [7, 11) is 0. The number of rotatable bonds is 11. The number of halogens is 1. The van der Waals surface area contributed by atoms with E-state index in [9.17, 15) is 18.8 Å². The number of hydrogen-bond donors (Lipinski definition) is 3. The average Bonchev–Trinajstić information content (AvgIpc) is 3.40. The lowest BCUT2D eigenvalue weighted by Crippen LogP contribution is -2.56. The molecule has 2 heterocycles. The van der Waals surface area contributed by atoms with Gasteiger partial charge in [0, 0.05) is 19.3 Å². The van der Waals surface area contributed by atoms with Crippen LogP contribution in [0.15, 0.2) is 67.1 Å². The molecule has 224 valence electrons. The number of nitrogens with two attached hydrogens (primary N) is 1. The Morgan fingerprint density at radius 3 is 2.50 bits per heavy atom. The van der Waals surface area contributed by atoms with Crippen molar-refractivity contribution in [3.05, 3.63) is 84.1 Å². The van der Waals surface area contributed by atoms with Crippen LogP contribution in [0, 0.1) is 11.7 Å². The van der Waals surface area contributed by atoms with Crippen molar-refractivity contribution in [3.63, 3.8) is 0 Å². The molecule has 1 saturated heterocycles. The van der Waals surface area contributed by atoms with Crippen molar-refractivity contribution in [2.75, 3.05) is 25.0 Å². The molecule has 4 N–H and O–H groups in total. The Bertz CT molecular complexity index is 1370. The quantitative estimate of drug-likeness (QED) is 0.320. The van der Waals surface area contributed by atoms with E-state index in [1.807, 2.05) is 30.3 Å². The van der Waals surface area contributed by atoms with Crippen LogP contribution in [0.25, 0.3) is 0 Å². The lowest BCUT2D eigenvalue weighted by Gasteiger charge is -2.33. The van der Waals surface area contributed by atoms with Gasteiger partial charge in [-0.25, -0.2) is 9.37 Å². The number of amides is 3. The molecular weight excluding hydrogens is 539 g/mol. The van der Waals surface area contributed by atoms with Gasteiger partial charge in [-0.3, -0.25) is 14.4 Å². The maximum Gasteiger partial charge on any atom is 0.250 e. The number of ether oxygens (including phenoxy) is 1. The number of carbonyl (C=O) groups excluding carboxylic acids is 3. The molecule has 2 aromatic carbocycles. The predicted octanol–water partition coefficient (Wildman–Crippen LogP) is 3.25. The van der Waals surface area contributed by atoms with E-state index in [2.05, 4.69) is 22.5 Å². The number of likely N-dealkylation sites (tertiary alicyclic amines) is 1. The maximum absolute atomic E-state index is 14.2. The molecule has 0 radical (unpaired) electrons. The molecule has 11 heteroatoms. The van der Waals surface area contributed by atoms with Crippen LogP contribution < -0.4 is 16.4 Å². The number of anilines is 1. The van der Waals surface area contributed by atoms with Gasteiger partial charge in [0.25, 0.3) is 5.91 Å². The zero-order chi connectivity index (χ0) is 30.3. The Morgan fingerprint density at radius 1 is 1.12 bits per heavy atom. The molecule has 1 aromatic heterocycles. The first kappa shape index (κ1) is 30.9. The Kier molecular flexibility index (Phi) is 10.1. The van der Waals surface area contributed by atoms with Crippen LogP contribution in [-0.2, 0) is 25.7 Å². The smallest absolute Gasteiger partial charge is 0.250 e. The zero-order valence-electron chi connectivity index (χ0n) is 24.3. The first-order valence-corrected chi connectivity index (χ1v) is 14.1. The molecule has 0 aliphatic carbocycles. The van der Waals surface area contributed by atoms with Gasteiger partial charge in [-0.1, -0.05) is 49.4 Å². The van der Waals surface area contributed by atoms with Gasteiger partial charge in [0.1, 0.15) is 17.9 Å². The summed E-state index contributed by atoms with van der Waals surface area (Å²) in [6.07, 6.45) is 4.74. The van der Waals surface area contributed by atoms with Gasteiger partial charge in [-0.05, 0) is 55.9 Å².